The molecule has 0 bridgehead atoms. The molecule has 1 aromatic carbocycles. The van der Waals surface area contributed by atoms with Gasteiger partial charge in [-0.1, -0.05) is 6.07 Å². The van der Waals surface area contributed by atoms with Crippen molar-refractivity contribution in [2.24, 2.45) is 0 Å². The number of aromatic nitrogens is 2. The van der Waals surface area contributed by atoms with Gasteiger partial charge < -0.3 is 14.6 Å². The first-order valence-corrected chi connectivity index (χ1v) is 6.38. The Hall–Kier alpha value is -2.19. The van der Waals surface area contributed by atoms with Gasteiger partial charge in [0.2, 0.25) is 0 Å². The standard InChI is InChI=1S/C13H14BFN2O4/c1-2-16-4-3-12(18)17(13(16)19)8-9-5-10(14(20)21)7-11(15)6-9/h3-7,20-21H,2,8H2,1H3. The molecule has 0 aliphatic carbocycles. The normalized spacial score (nSPS) is 10.7. The molecular formula is C13H14BFN2O4. The molecule has 2 aromatic rings. The lowest BCUT2D eigenvalue weighted by atomic mass is 9.79. The van der Waals surface area contributed by atoms with Crippen LogP contribution in [0.5, 0.6) is 0 Å². The zero-order valence-electron chi connectivity index (χ0n) is 11.4. The zero-order valence-corrected chi connectivity index (χ0v) is 11.4. The van der Waals surface area contributed by atoms with Gasteiger partial charge in [0.15, 0.2) is 0 Å². The maximum absolute atomic E-state index is 13.4. The predicted octanol–water partition coefficient (Wildman–Crippen LogP) is -1.10. The fraction of sp³-hybridized carbons (Fsp3) is 0.231. The summed E-state index contributed by atoms with van der Waals surface area (Å²) >= 11 is 0. The van der Waals surface area contributed by atoms with Crippen LogP contribution in [0.25, 0.3) is 0 Å². The van der Waals surface area contributed by atoms with Crippen molar-refractivity contribution in [2.45, 2.75) is 20.0 Å². The summed E-state index contributed by atoms with van der Waals surface area (Å²) in [6.07, 6.45) is 1.40. The monoisotopic (exact) mass is 292 g/mol. The van der Waals surface area contributed by atoms with Crippen molar-refractivity contribution in [3.05, 3.63) is 62.7 Å². The lowest BCUT2D eigenvalue weighted by Gasteiger charge is -2.09. The number of hydrogen-bond donors (Lipinski definition) is 2. The van der Waals surface area contributed by atoms with E-state index < -0.39 is 24.2 Å². The van der Waals surface area contributed by atoms with Crippen LogP contribution in [0, 0.1) is 5.82 Å². The molecule has 0 radical (unpaired) electrons. The first-order valence-electron chi connectivity index (χ1n) is 6.38. The maximum atomic E-state index is 13.4. The summed E-state index contributed by atoms with van der Waals surface area (Å²) in [5.74, 6) is -0.671. The van der Waals surface area contributed by atoms with Crippen molar-refractivity contribution in [2.75, 3.05) is 0 Å². The molecule has 0 saturated heterocycles. The number of aryl methyl sites for hydroxylation is 1. The Bertz CT molecular complexity index is 769. The molecule has 1 aromatic heterocycles. The molecule has 0 atom stereocenters. The molecule has 21 heavy (non-hydrogen) atoms. The van der Waals surface area contributed by atoms with Crippen LogP contribution in [0.4, 0.5) is 4.39 Å². The summed E-state index contributed by atoms with van der Waals surface area (Å²) in [6, 6.07) is 4.71. The molecule has 0 fully saturated rings. The molecule has 0 saturated carbocycles. The Morgan fingerprint density at radius 1 is 1.24 bits per heavy atom. The molecule has 8 heteroatoms. The largest absolute Gasteiger partial charge is 0.488 e. The average molecular weight is 292 g/mol. The van der Waals surface area contributed by atoms with Gasteiger partial charge >= 0.3 is 12.8 Å². The SMILES string of the molecule is CCn1ccc(=O)n(Cc2cc(F)cc(B(O)O)c2)c1=O. The number of hydrogen-bond acceptors (Lipinski definition) is 4. The first kappa shape index (κ1) is 15.2. The molecule has 110 valence electrons. The molecular weight excluding hydrogens is 278 g/mol. The Balaban J connectivity index is 2.48. The highest BCUT2D eigenvalue weighted by atomic mass is 19.1. The minimum atomic E-state index is -1.82. The number of benzene rings is 1. The molecule has 0 aliphatic rings. The maximum Gasteiger partial charge on any atom is 0.488 e. The predicted molar refractivity (Wildman–Crippen MR) is 76.0 cm³/mol. The summed E-state index contributed by atoms with van der Waals surface area (Å²) in [6.45, 7) is 2.03. The molecule has 0 spiro atoms. The van der Waals surface area contributed by atoms with E-state index in [1.54, 1.807) is 6.92 Å². The Morgan fingerprint density at radius 3 is 2.57 bits per heavy atom. The van der Waals surface area contributed by atoms with E-state index in [0.29, 0.717) is 12.1 Å². The topological polar surface area (TPSA) is 84.5 Å². The third-order valence-corrected chi connectivity index (χ3v) is 3.10. The number of halogens is 1. The Labute approximate surface area is 119 Å². The Morgan fingerprint density at radius 2 is 1.95 bits per heavy atom. The van der Waals surface area contributed by atoms with Gasteiger partial charge in [-0.2, -0.15) is 0 Å². The van der Waals surface area contributed by atoms with Crippen LogP contribution in [-0.2, 0) is 13.1 Å². The van der Waals surface area contributed by atoms with Gasteiger partial charge in [-0.25, -0.2) is 9.18 Å². The lowest BCUT2D eigenvalue weighted by molar-refractivity contribution is 0.425. The van der Waals surface area contributed by atoms with Crippen LogP contribution in [0.2, 0.25) is 0 Å². The summed E-state index contributed by atoms with van der Waals surface area (Å²) < 4.78 is 15.8. The van der Waals surface area contributed by atoms with Crippen molar-refractivity contribution in [3.8, 4) is 0 Å². The summed E-state index contributed by atoms with van der Waals surface area (Å²) in [5.41, 5.74) is -0.739. The van der Waals surface area contributed by atoms with Crippen LogP contribution >= 0.6 is 0 Å². The summed E-state index contributed by atoms with van der Waals surface area (Å²) in [4.78, 5) is 23.8. The van der Waals surface area contributed by atoms with Crippen molar-refractivity contribution < 1.29 is 14.4 Å². The van der Waals surface area contributed by atoms with E-state index in [0.717, 1.165) is 16.7 Å². The highest BCUT2D eigenvalue weighted by Gasteiger charge is 2.14. The minimum Gasteiger partial charge on any atom is -0.423 e. The molecule has 1 heterocycles. The Kier molecular flexibility index (Phi) is 4.39. The fourth-order valence-corrected chi connectivity index (χ4v) is 2.04. The van der Waals surface area contributed by atoms with E-state index in [-0.39, 0.29) is 12.0 Å². The number of rotatable bonds is 4. The van der Waals surface area contributed by atoms with Gasteiger partial charge in [0.05, 0.1) is 6.54 Å². The van der Waals surface area contributed by atoms with Gasteiger partial charge in [0, 0.05) is 18.8 Å². The molecule has 2 N–H and O–H groups in total. The molecule has 0 aliphatic heterocycles. The van der Waals surface area contributed by atoms with Crippen LogP contribution in [0.15, 0.2) is 40.1 Å². The molecule has 0 unspecified atom stereocenters. The van der Waals surface area contributed by atoms with E-state index in [1.807, 2.05) is 0 Å². The van der Waals surface area contributed by atoms with Crippen molar-refractivity contribution in [3.63, 3.8) is 0 Å². The molecule has 0 amide bonds. The van der Waals surface area contributed by atoms with Crippen molar-refractivity contribution >= 4 is 12.6 Å². The number of nitrogens with zero attached hydrogens (tertiary/aromatic N) is 2. The van der Waals surface area contributed by atoms with Crippen molar-refractivity contribution in [1.82, 2.24) is 9.13 Å². The highest BCUT2D eigenvalue weighted by Crippen LogP contribution is 2.03. The van der Waals surface area contributed by atoms with E-state index in [2.05, 4.69) is 0 Å². The van der Waals surface area contributed by atoms with Gasteiger partial charge in [-0.3, -0.25) is 9.36 Å². The third kappa shape index (κ3) is 3.29. The lowest BCUT2D eigenvalue weighted by Crippen LogP contribution is -2.39. The second-order valence-corrected chi connectivity index (χ2v) is 4.58. The molecule has 2 rings (SSSR count). The van der Waals surface area contributed by atoms with E-state index in [4.69, 9.17) is 10.0 Å². The van der Waals surface area contributed by atoms with Crippen molar-refractivity contribution in [1.29, 1.82) is 0 Å². The van der Waals surface area contributed by atoms with Crippen LogP contribution in [0.1, 0.15) is 12.5 Å². The molecule has 6 nitrogen and oxygen atoms in total. The minimum absolute atomic E-state index is 0.0372. The van der Waals surface area contributed by atoms with E-state index in [1.165, 1.54) is 22.9 Å². The summed E-state index contributed by atoms with van der Waals surface area (Å²) in [5, 5.41) is 18.2. The second kappa shape index (κ2) is 6.07. The van der Waals surface area contributed by atoms with Crippen LogP contribution in [0.3, 0.4) is 0 Å². The van der Waals surface area contributed by atoms with Gasteiger partial charge in [-0.05, 0) is 30.1 Å². The third-order valence-electron chi connectivity index (χ3n) is 3.10. The van der Waals surface area contributed by atoms with E-state index >= 15 is 0 Å². The highest BCUT2D eigenvalue weighted by molar-refractivity contribution is 6.58. The van der Waals surface area contributed by atoms with Gasteiger partial charge in [-0.15, -0.1) is 0 Å². The first-order chi connectivity index (χ1) is 9.92. The summed E-state index contributed by atoms with van der Waals surface area (Å²) in [7, 11) is -1.82. The van der Waals surface area contributed by atoms with Gasteiger partial charge in [0.1, 0.15) is 5.82 Å². The fourth-order valence-electron chi connectivity index (χ4n) is 2.04. The quantitative estimate of drug-likeness (QED) is 0.700. The smallest absolute Gasteiger partial charge is 0.423 e. The van der Waals surface area contributed by atoms with Crippen LogP contribution < -0.4 is 16.7 Å². The zero-order chi connectivity index (χ0) is 15.6. The van der Waals surface area contributed by atoms with Crippen LogP contribution in [-0.4, -0.2) is 26.3 Å². The van der Waals surface area contributed by atoms with E-state index in [9.17, 15) is 14.0 Å². The average Bonchev–Trinajstić information content (AvgIpc) is 2.43. The van der Waals surface area contributed by atoms with Gasteiger partial charge in [0.25, 0.3) is 5.56 Å². The second-order valence-electron chi connectivity index (χ2n) is 4.58.